The summed E-state index contributed by atoms with van der Waals surface area (Å²) in [5, 5.41) is 12.4. The van der Waals surface area contributed by atoms with E-state index in [-0.39, 0.29) is 18.7 Å². The number of halogens is 3. The molecular formula is C12H16F3NO2. The molecule has 18 heavy (non-hydrogen) atoms. The number of methoxy groups -OCH3 is 1. The lowest BCUT2D eigenvalue weighted by Crippen LogP contribution is -2.17. The van der Waals surface area contributed by atoms with Crippen molar-refractivity contribution in [3.8, 4) is 11.5 Å². The molecule has 3 nitrogen and oxygen atoms in total. The van der Waals surface area contributed by atoms with Crippen molar-refractivity contribution in [2.75, 3.05) is 13.7 Å². The third-order valence-corrected chi connectivity index (χ3v) is 2.42. The number of nitrogens with one attached hydrogen (secondary N) is 1. The number of benzene rings is 1. The number of hydrogen-bond donors (Lipinski definition) is 2. The summed E-state index contributed by atoms with van der Waals surface area (Å²) in [6.07, 6.45) is -4.89. The number of phenolic OH excluding ortho intramolecular Hbond substituents is 1. The zero-order valence-electron chi connectivity index (χ0n) is 10.0. The second-order valence-corrected chi connectivity index (χ2v) is 3.89. The van der Waals surface area contributed by atoms with Crippen LogP contribution >= 0.6 is 0 Å². The van der Waals surface area contributed by atoms with Crippen molar-refractivity contribution < 1.29 is 23.0 Å². The third kappa shape index (κ3) is 5.27. The standard InChI is InChI=1S/C12H16F3NO2/c1-18-10-3-4-11(17)9(7-10)8-16-6-2-5-12(13,14)15/h3-4,7,16-17H,2,5-6,8H2,1H3. The van der Waals surface area contributed by atoms with Gasteiger partial charge in [-0.2, -0.15) is 13.2 Å². The van der Waals surface area contributed by atoms with E-state index >= 15 is 0 Å². The maximum atomic E-state index is 11.9. The molecule has 1 aromatic rings. The van der Waals surface area contributed by atoms with E-state index in [0.717, 1.165) is 0 Å². The maximum Gasteiger partial charge on any atom is 0.389 e. The van der Waals surface area contributed by atoms with Crippen LogP contribution in [0.4, 0.5) is 13.2 Å². The van der Waals surface area contributed by atoms with Crippen LogP contribution in [0.3, 0.4) is 0 Å². The summed E-state index contributed by atoms with van der Waals surface area (Å²) in [7, 11) is 1.51. The Morgan fingerprint density at radius 2 is 2.06 bits per heavy atom. The molecule has 0 aromatic heterocycles. The molecule has 0 unspecified atom stereocenters. The van der Waals surface area contributed by atoms with E-state index in [0.29, 0.717) is 17.9 Å². The number of aromatic hydroxyl groups is 1. The molecule has 6 heteroatoms. The van der Waals surface area contributed by atoms with Crippen LogP contribution in [0, 0.1) is 0 Å². The Morgan fingerprint density at radius 3 is 2.67 bits per heavy atom. The van der Waals surface area contributed by atoms with Gasteiger partial charge in [-0.05, 0) is 31.2 Å². The average molecular weight is 263 g/mol. The molecule has 0 atom stereocenters. The molecule has 102 valence electrons. The molecule has 0 radical (unpaired) electrons. The largest absolute Gasteiger partial charge is 0.508 e. The van der Waals surface area contributed by atoms with Gasteiger partial charge in [0.1, 0.15) is 11.5 Å². The highest BCUT2D eigenvalue weighted by Crippen LogP contribution is 2.23. The maximum absolute atomic E-state index is 11.9. The third-order valence-electron chi connectivity index (χ3n) is 2.42. The van der Waals surface area contributed by atoms with E-state index in [9.17, 15) is 18.3 Å². The van der Waals surface area contributed by atoms with Gasteiger partial charge in [-0.25, -0.2) is 0 Å². The zero-order valence-corrected chi connectivity index (χ0v) is 10.0. The van der Waals surface area contributed by atoms with E-state index in [1.165, 1.54) is 13.2 Å². The SMILES string of the molecule is COc1ccc(O)c(CNCCCC(F)(F)F)c1. The summed E-state index contributed by atoms with van der Waals surface area (Å²) >= 11 is 0. The van der Waals surface area contributed by atoms with Gasteiger partial charge < -0.3 is 15.2 Å². The highest BCUT2D eigenvalue weighted by atomic mass is 19.4. The molecule has 0 saturated carbocycles. The van der Waals surface area contributed by atoms with Crippen molar-refractivity contribution in [3.05, 3.63) is 23.8 Å². The number of alkyl halides is 3. The molecule has 0 spiro atoms. The van der Waals surface area contributed by atoms with Crippen molar-refractivity contribution in [1.82, 2.24) is 5.32 Å². The Balaban J connectivity index is 2.35. The molecular weight excluding hydrogens is 247 g/mol. The lowest BCUT2D eigenvalue weighted by molar-refractivity contribution is -0.135. The molecule has 0 heterocycles. The molecule has 0 saturated heterocycles. The average Bonchev–Trinajstić information content (AvgIpc) is 2.29. The minimum atomic E-state index is -4.11. The first-order valence-electron chi connectivity index (χ1n) is 5.56. The lowest BCUT2D eigenvalue weighted by Gasteiger charge is -2.09. The van der Waals surface area contributed by atoms with E-state index in [1.807, 2.05) is 0 Å². The van der Waals surface area contributed by atoms with Crippen molar-refractivity contribution in [3.63, 3.8) is 0 Å². The van der Waals surface area contributed by atoms with Crippen LogP contribution in [-0.2, 0) is 6.54 Å². The predicted molar refractivity (Wildman–Crippen MR) is 61.7 cm³/mol. The molecule has 1 rings (SSSR count). The summed E-state index contributed by atoms with van der Waals surface area (Å²) in [5.74, 6) is 0.694. The molecule has 2 N–H and O–H groups in total. The Labute approximate surface area is 104 Å². The van der Waals surface area contributed by atoms with E-state index in [2.05, 4.69) is 5.32 Å². The lowest BCUT2D eigenvalue weighted by atomic mass is 10.2. The van der Waals surface area contributed by atoms with Gasteiger partial charge in [-0.3, -0.25) is 0 Å². The second kappa shape index (κ2) is 6.49. The van der Waals surface area contributed by atoms with Crippen LogP contribution in [0.25, 0.3) is 0 Å². The van der Waals surface area contributed by atoms with Crippen LogP contribution < -0.4 is 10.1 Å². The van der Waals surface area contributed by atoms with Gasteiger partial charge in [0.2, 0.25) is 0 Å². The quantitative estimate of drug-likeness (QED) is 0.775. The Kier molecular flexibility index (Phi) is 5.27. The van der Waals surface area contributed by atoms with E-state index in [1.54, 1.807) is 12.1 Å². The van der Waals surface area contributed by atoms with E-state index in [4.69, 9.17) is 4.74 Å². The van der Waals surface area contributed by atoms with Crippen LogP contribution in [0.15, 0.2) is 18.2 Å². The number of ether oxygens (including phenoxy) is 1. The molecule has 0 aliphatic carbocycles. The van der Waals surface area contributed by atoms with Crippen molar-refractivity contribution in [1.29, 1.82) is 0 Å². The summed E-state index contributed by atoms with van der Waals surface area (Å²) in [5.41, 5.74) is 0.598. The highest BCUT2D eigenvalue weighted by Gasteiger charge is 2.25. The number of phenols is 1. The zero-order chi connectivity index (χ0) is 13.6. The van der Waals surface area contributed by atoms with Crippen LogP contribution in [0.5, 0.6) is 11.5 Å². The highest BCUT2D eigenvalue weighted by molar-refractivity contribution is 5.39. The number of hydrogen-bond acceptors (Lipinski definition) is 3. The molecule has 0 fully saturated rings. The van der Waals surface area contributed by atoms with Crippen LogP contribution in [-0.4, -0.2) is 24.9 Å². The van der Waals surface area contributed by atoms with Gasteiger partial charge in [0.15, 0.2) is 0 Å². The molecule has 1 aromatic carbocycles. The minimum absolute atomic E-state index is 0.0221. The summed E-state index contributed by atoms with van der Waals surface area (Å²) in [6, 6.07) is 4.75. The van der Waals surface area contributed by atoms with Gasteiger partial charge in [0, 0.05) is 18.5 Å². The van der Waals surface area contributed by atoms with Crippen molar-refractivity contribution in [2.24, 2.45) is 0 Å². The van der Waals surface area contributed by atoms with E-state index < -0.39 is 12.6 Å². The summed E-state index contributed by atoms with van der Waals surface area (Å²) < 4.78 is 40.6. The molecule has 0 amide bonds. The summed E-state index contributed by atoms with van der Waals surface area (Å²) in [6.45, 7) is 0.553. The first-order chi connectivity index (χ1) is 8.42. The molecule has 0 aliphatic rings. The first-order valence-corrected chi connectivity index (χ1v) is 5.56. The van der Waals surface area contributed by atoms with Crippen LogP contribution in [0.2, 0.25) is 0 Å². The van der Waals surface area contributed by atoms with Crippen molar-refractivity contribution >= 4 is 0 Å². The van der Waals surface area contributed by atoms with Crippen LogP contribution in [0.1, 0.15) is 18.4 Å². The van der Waals surface area contributed by atoms with Gasteiger partial charge in [0.25, 0.3) is 0 Å². The molecule has 0 bridgehead atoms. The fourth-order valence-electron chi connectivity index (χ4n) is 1.47. The Hall–Kier alpha value is -1.43. The van der Waals surface area contributed by atoms with Gasteiger partial charge >= 0.3 is 6.18 Å². The second-order valence-electron chi connectivity index (χ2n) is 3.89. The normalized spacial score (nSPS) is 11.6. The van der Waals surface area contributed by atoms with Crippen molar-refractivity contribution in [2.45, 2.75) is 25.6 Å². The Bertz CT molecular complexity index is 380. The minimum Gasteiger partial charge on any atom is -0.508 e. The number of rotatable bonds is 6. The predicted octanol–water partition coefficient (Wildman–Crippen LogP) is 2.83. The monoisotopic (exact) mass is 263 g/mol. The fourth-order valence-corrected chi connectivity index (χ4v) is 1.47. The fraction of sp³-hybridized carbons (Fsp3) is 0.500. The summed E-state index contributed by atoms with van der Waals surface area (Å²) in [4.78, 5) is 0. The van der Waals surface area contributed by atoms with Gasteiger partial charge in [-0.1, -0.05) is 0 Å². The van der Waals surface area contributed by atoms with Gasteiger partial charge in [-0.15, -0.1) is 0 Å². The van der Waals surface area contributed by atoms with Gasteiger partial charge in [0.05, 0.1) is 7.11 Å². The first kappa shape index (κ1) is 14.6. The molecule has 0 aliphatic heterocycles. The topological polar surface area (TPSA) is 41.5 Å². The smallest absolute Gasteiger partial charge is 0.389 e. The Morgan fingerprint density at radius 1 is 1.33 bits per heavy atom.